The number of sulfonamides is 1. The van der Waals surface area contributed by atoms with Crippen LogP contribution < -0.4 is 15.4 Å². The number of aryl methyl sites for hydroxylation is 1. The molecule has 1 rings (SSSR count). The molecule has 0 spiro atoms. The summed E-state index contributed by atoms with van der Waals surface area (Å²) in [6.07, 6.45) is 0. The van der Waals surface area contributed by atoms with Gasteiger partial charge in [-0.2, -0.15) is 0 Å². The third-order valence-corrected chi connectivity index (χ3v) is 6.16. The topological polar surface area (TPSA) is 91.8 Å². The Hall–Kier alpha value is -1.16. The van der Waals surface area contributed by atoms with Gasteiger partial charge in [0.2, 0.25) is 10.0 Å². The Bertz CT molecular complexity index is 639. The van der Waals surface area contributed by atoms with Crippen molar-refractivity contribution >= 4 is 27.3 Å². The van der Waals surface area contributed by atoms with Crippen LogP contribution in [0, 0.1) is 6.92 Å². The Kier molecular flexibility index (Phi) is 8.14. The molecule has 0 amide bonds. The minimum Gasteiger partial charge on any atom is -0.377 e. The minimum atomic E-state index is -3.44. The Morgan fingerprint density at radius 1 is 1.29 bits per heavy atom. The number of methoxy groups -OCH3 is 1. The molecule has 0 atom stereocenters. The van der Waals surface area contributed by atoms with Gasteiger partial charge < -0.3 is 15.4 Å². The standard InChI is InChI=1S/C15H28N4O3S2/c1-6-16-14(18-11-15(3,4)22-5)17-9-10-19-24(20,21)13-8-7-12(2)23-13/h7-8,19H,6,9-11H2,1-5H3,(H2,16,17,18). The summed E-state index contributed by atoms with van der Waals surface area (Å²) in [4.78, 5) is 5.41. The zero-order valence-electron chi connectivity index (χ0n) is 15.0. The summed E-state index contributed by atoms with van der Waals surface area (Å²) in [6.45, 7) is 9.69. The van der Waals surface area contributed by atoms with Crippen LogP contribution in [0.2, 0.25) is 0 Å². The molecule has 0 bridgehead atoms. The summed E-state index contributed by atoms with van der Waals surface area (Å²) in [7, 11) is -1.79. The van der Waals surface area contributed by atoms with Crippen molar-refractivity contribution in [3.05, 3.63) is 17.0 Å². The average Bonchev–Trinajstić information content (AvgIpc) is 2.96. The van der Waals surface area contributed by atoms with Crippen molar-refractivity contribution in [3.63, 3.8) is 0 Å². The largest absolute Gasteiger partial charge is 0.377 e. The number of nitrogens with one attached hydrogen (secondary N) is 3. The number of nitrogens with zero attached hydrogens (tertiary/aromatic N) is 1. The van der Waals surface area contributed by atoms with E-state index in [2.05, 4.69) is 20.3 Å². The van der Waals surface area contributed by atoms with Crippen LogP contribution in [0.4, 0.5) is 0 Å². The molecule has 7 nitrogen and oxygen atoms in total. The normalized spacial score (nSPS) is 13.1. The van der Waals surface area contributed by atoms with Crippen LogP contribution >= 0.6 is 11.3 Å². The third kappa shape index (κ3) is 7.16. The van der Waals surface area contributed by atoms with Crippen LogP contribution in [0.15, 0.2) is 21.3 Å². The number of ether oxygens (including phenoxy) is 1. The van der Waals surface area contributed by atoms with Gasteiger partial charge in [0.15, 0.2) is 5.96 Å². The Morgan fingerprint density at radius 2 is 2.00 bits per heavy atom. The Balaban J connectivity index is 2.49. The highest BCUT2D eigenvalue weighted by Gasteiger charge is 2.16. The second kappa shape index (κ2) is 9.36. The van der Waals surface area contributed by atoms with E-state index in [1.807, 2.05) is 27.7 Å². The zero-order valence-corrected chi connectivity index (χ0v) is 16.6. The van der Waals surface area contributed by atoms with Crippen molar-refractivity contribution < 1.29 is 13.2 Å². The fourth-order valence-corrected chi connectivity index (χ4v) is 4.03. The minimum absolute atomic E-state index is 0.275. The van der Waals surface area contributed by atoms with Gasteiger partial charge in [-0.25, -0.2) is 13.1 Å². The lowest BCUT2D eigenvalue weighted by molar-refractivity contribution is 0.0310. The summed E-state index contributed by atoms with van der Waals surface area (Å²) < 4.78 is 32.5. The molecule has 1 heterocycles. The molecule has 9 heteroatoms. The molecular weight excluding hydrogens is 348 g/mol. The van der Waals surface area contributed by atoms with Crippen LogP contribution in [0.5, 0.6) is 0 Å². The number of thiophene rings is 1. The average molecular weight is 377 g/mol. The van der Waals surface area contributed by atoms with E-state index < -0.39 is 10.0 Å². The van der Waals surface area contributed by atoms with Crippen LogP contribution in [-0.4, -0.2) is 53.3 Å². The molecular formula is C15H28N4O3S2. The van der Waals surface area contributed by atoms with Crippen LogP contribution in [0.3, 0.4) is 0 Å². The monoisotopic (exact) mass is 376 g/mol. The fourth-order valence-electron chi connectivity index (χ4n) is 1.67. The van der Waals surface area contributed by atoms with E-state index >= 15 is 0 Å². The lowest BCUT2D eigenvalue weighted by Crippen LogP contribution is -2.42. The third-order valence-electron chi connectivity index (χ3n) is 3.20. The van der Waals surface area contributed by atoms with Crippen molar-refractivity contribution in [2.75, 3.05) is 33.3 Å². The van der Waals surface area contributed by atoms with E-state index in [1.54, 1.807) is 19.2 Å². The van der Waals surface area contributed by atoms with Gasteiger partial charge in [0.05, 0.1) is 12.1 Å². The zero-order chi connectivity index (χ0) is 18.2. The highest BCUT2D eigenvalue weighted by Crippen LogP contribution is 2.19. The number of hydrogen-bond acceptors (Lipinski definition) is 5. The molecule has 1 aromatic rings. The van der Waals surface area contributed by atoms with E-state index in [0.29, 0.717) is 23.3 Å². The van der Waals surface area contributed by atoms with Gasteiger partial charge in [0.25, 0.3) is 0 Å². The number of rotatable bonds is 9. The lowest BCUT2D eigenvalue weighted by atomic mass is 10.1. The quantitative estimate of drug-likeness (QED) is 0.343. The smallest absolute Gasteiger partial charge is 0.250 e. The van der Waals surface area contributed by atoms with E-state index in [1.165, 1.54) is 11.3 Å². The molecule has 138 valence electrons. The maximum Gasteiger partial charge on any atom is 0.250 e. The summed E-state index contributed by atoms with van der Waals surface area (Å²) in [5.74, 6) is 0.633. The molecule has 0 aliphatic heterocycles. The van der Waals surface area contributed by atoms with Crippen molar-refractivity contribution in [1.29, 1.82) is 0 Å². The molecule has 0 aliphatic carbocycles. The van der Waals surface area contributed by atoms with Gasteiger partial charge in [0, 0.05) is 31.6 Å². The Labute approximate surface area is 149 Å². The molecule has 0 fully saturated rings. The van der Waals surface area contributed by atoms with Gasteiger partial charge in [-0.3, -0.25) is 4.99 Å². The number of hydrogen-bond donors (Lipinski definition) is 3. The van der Waals surface area contributed by atoms with Crippen molar-refractivity contribution in [1.82, 2.24) is 15.4 Å². The molecule has 0 saturated carbocycles. The first-order chi connectivity index (χ1) is 11.2. The van der Waals surface area contributed by atoms with Crippen LogP contribution in [-0.2, 0) is 14.8 Å². The predicted molar refractivity (Wildman–Crippen MR) is 99.3 cm³/mol. The second-order valence-corrected chi connectivity index (χ2v) is 9.13. The first-order valence-corrected chi connectivity index (χ1v) is 10.1. The summed E-state index contributed by atoms with van der Waals surface area (Å²) in [6, 6.07) is 3.42. The van der Waals surface area contributed by atoms with Gasteiger partial charge >= 0.3 is 0 Å². The summed E-state index contributed by atoms with van der Waals surface area (Å²) >= 11 is 1.26. The van der Waals surface area contributed by atoms with Gasteiger partial charge in [-0.15, -0.1) is 11.3 Å². The molecule has 0 aliphatic rings. The van der Waals surface area contributed by atoms with E-state index in [4.69, 9.17) is 4.74 Å². The first kappa shape index (κ1) is 20.9. The fraction of sp³-hybridized carbons (Fsp3) is 0.667. The molecule has 24 heavy (non-hydrogen) atoms. The Morgan fingerprint density at radius 3 is 2.54 bits per heavy atom. The van der Waals surface area contributed by atoms with Gasteiger partial charge in [0.1, 0.15) is 4.21 Å². The van der Waals surface area contributed by atoms with Crippen molar-refractivity contribution in [2.45, 2.75) is 37.5 Å². The van der Waals surface area contributed by atoms with Crippen molar-refractivity contribution in [2.24, 2.45) is 4.99 Å². The van der Waals surface area contributed by atoms with E-state index in [0.717, 1.165) is 11.4 Å². The maximum atomic E-state index is 12.1. The van der Waals surface area contributed by atoms with Crippen molar-refractivity contribution in [3.8, 4) is 0 Å². The van der Waals surface area contributed by atoms with Crippen LogP contribution in [0.1, 0.15) is 25.6 Å². The second-order valence-electron chi connectivity index (χ2n) is 5.85. The van der Waals surface area contributed by atoms with Gasteiger partial charge in [-0.1, -0.05) is 0 Å². The molecule has 3 N–H and O–H groups in total. The number of aliphatic imine (C=N–C) groups is 1. The molecule has 1 aromatic heterocycles. The summed E-state index contributed by atoms with van der Waals surface area (Å²) in [5.41, 5.74) is -0.346. The van der Waals surface area contributed by atoms with E-state index in [9.17, 15) is 8.42 Å². The molecule has 0 aromatic carbocycles. The molecule has 0 unspecified atom stereocenters. The van der Waals surface area contributed by atoms with Crippen LogP contribution in [0.25, 0.3) is 0 Å². The summed E-state index contributed by atoms with van der Waals surface area (Å²) in [5, 5.41) is 6.23. The van der Waals surface area contributed by atoms with Gasteiger partial charge in [-0.05, 0) is 39.8 Å². The SMILES string of the molecule is CCNC(=NCC(C)(C)OC)NCCNS(=O)(=O)c1ccc(C)s1. The predicted octanol–water partition coefficient (Wildman–Crippen LogP) is 1.31. The van der Waals surface area contributed by atoms with E-state index in [-0.39, 0.29) is 12.1 Å². The molecule has 0 saturated heterocycles. The lowest BCUT2D eigenvalue weighted by Gasteiger charge is -2.21. The highest BCUT2D eigenvalue weighted by molar-refractivity contribution is 7.91. The first-order valence-electron chi connectivity index (χ1n) is 7.83. The molecule has 0 radical (unpaired) electrons. The number of guanidine groups is 1. The maximum absolute atomic E-state index is 12.1. The highest BCUT2D eigenvalue weighted by atomic mass is 32.2.